The lowest BCUT2D eigenvalue weighted by atomic mass is 9.84. The molecule has 6 nitrogen and oxygen atoms in total. The number of nitrogens with zero attached hydrogens (tertiary/aromatic N) is 3. The molecule has 4 aromatic heterocycles. The van der Waals surface area contributed by atoms with Crippen LogP contribution in [0.3, 0.4) is 0 Å². The van der Waals surface area contributed by atoms with Crippen molar-refractivity contribution in [2.24, 2.45) is 0 Å². The molecule has 4 heterocycles. The number of para-hydroxylation sites is 3. The van der Waals surface area contributed by atoms with Crippen molar-refractivity contribution >= 4 is 65.8 Å². The largest absolute Gasteiger partial charge is 0.456 e. The van der Waals surface area contributed by atoms with E-state index in [0.717, 1.165) is 102 Å². The number of benzene rings is 10. The molecule has 0 fully saturated rings. The van der Waals surface area contributed by atoms with Gasteiger partial charge in [0.05, 0.1) is 5.56 Å². The van der Waals surface area contributed by atoms with Gasteiger partial charge in [-0.2, -0.15) is 0 Å². The van der Waals surface area contributed by atoms with Crippen LogP contribution in [0.2, 0.25) is 0 Å². The Morgan fingerprint density at radius 2 is 0.890 bits per heavy atom. The van der Waals surface area contributed by atoms with Crippen LogP contribution >= 0.6 is 0 Å². The third-order valence-corrected chi connectivity index (χ3v) is 15.1. The van der Waals surface area contributed by atoms with Crippen LogP contribution in [-0.2, 0) is 12.8 Å². The van der Waals surface area contributed by atoms with E-state index in [2.05, 4.69) is 152 Å². The van der Waals surface area contributed by atoms with Crippen LogP contribution in [0.15, 0.2) is 232 Å². The standard InChI is InChI=1S/C67H43N3O3/c1-3-14-41(15-4-1)44-31-29-43-30-32-46(47-34-33-45(39-55(47)54(43)38-44)42-16-5-2-6-17-42)36-40-28-35-59-56(37-40)63-52(22-13-27-61(63)72-59)66-68-65(51-21-12-26-60-62(51)50-19-8-10-25-58(50)71-60)69-67(70-66)53-23-11-20-49-48-18-7-9-24-57(48)73-64(49)53/h1-29,31,33-35,37-39,46H,30,32,36H2. The molecule has 0 radical (unpaired) electrons. The Kier molecular flexibility index (Phi) is 9.42. The van der Waals surface area contributed by atoms with Crippen LogP contribution in [0.4, 0.5) is 0 Å². The van der Waals surface area contributed by atoms with Crippen molar-refractivity contribution in [3.8, 4) is 67.5 Å². The van der Waals surface area contributed by atoms with E-state index in [1.807, 2.05) is 66.7 Å². The number of furan rings is 3. The zero-order valence-corrected chi connectivity index (χ0v) is 39.5. The van der Waals surface area contributed by atoms with Crippen molar-refractivity contribution < 1.29 is 13.3 Å². The van der Waals surface area contributed by atoms with Crippen molar-refractivity contribution in [2.45, 2.75) is 25.2 Å². The third kappa shape index (κ3) is 6.90. The van der Waals surface area contributed by atoms with E-state index >= 15 is 0 Å². The van der Waals surface area contributed by atoms with Crippen LogP contribution in [0.5, 0.6) is 0 Å². The van der Waals surface area contributed by atoms with E-state index in [-0.39, 0.29) is 5.92 Å². The Hall–Kier alpha value is -9.39. The first kappa shape index (κ1) is 41.4. The topological polar surface area (TPSA) is 78.1 Å². The van der Waals surface area contributed by atoms with Crippen molar-refractivity contribution in [3.05, 3.63) is 235 Å². The molecule has 1 unspecified atom stereocenters. The molecule has 0 spiro atoms. The summed E-state index contributed by atoms with van der Waals surface area (Å²) in [5.74, 6) is 1.87. The highest BCUT2D eigenvalue weighted by Gasteiger charge is 2.26. The summed E-state index contributed by atoms with van der Waals surface area (Å²) in [6.07, 6.45) is 2.88. The number of aryl methyl sites for hydroxylation is 1. The Labute approximate surface area is 419 Å². The molecular formula is C67H43N3O3. The number of hydrogen-bond donors (Lipinski definition) is 0. The van der Waals surface area contributed by atoms with Crippen molar-refractivity contribution in [3.63, 3.8) is 0 Å². The minimum atomic E-state index is 0.277. The third-order valence-electron chi connectivity index (χ3n) is 15.1. The first-order valence-electron chi connectivity index (χ1n) is 25.1. The quantitative estimate of drug-likeness (QED) is 0.158. The van der Waals surface area contributed by atoms with E-state index in [0.29, 0.717) is 17.5 Å². The van der Waals surface area contributed by atoms with Gasteiger partial charge in [-0.25, -0.2) is 15.0 Å². The molecule has 1 atom stereocenters. The maximum Gasteiger partial charge on any atom is 0.167 e. The summed E-state index contributed by atoms with van der Waals surface area (Å²) < 4.78 is 19.7. The summed E-state index contributed by atoms with van der Waals surface area (Å²) >= 11 is 0. The Morgan fingerprint density at radius 3 is 1.60 bits per heavy atom. The van der Waals surface area contributed by atoms with Crippen molar-refractivity contribution in [1.82, 2.24) is 15.0 Å². The molecule has 0 bridgehead atoms. The minimum absolute atomic E-state index is 0.277. The van der Waals surface area contributed by atoms with Gasteiger partial charge in [0.25, 0.3) is 0 Å². The van der Waals surface area contributed by atoms with E-state index in [1.54, 1.807) is 0 Å². The summed E-state index contributed by atoms with van der Waals surface area (Å²) in [4.78, 5) is 16.1. The van der Waals surface area contributed by atoms with Crippen LogP contribution in [-0.4, -0.2) is 15.0 Å². The molecule has 0 saturated heterocycles. The van der Waals surface area contributed by atoms with Gasteiger partial charge in [0.15, 0.2) is 17.5 Å². The van der Waals surface area contributed by atoms with Gasteiger partial charge in [-0.3, -0.25) is 0 Å². The molecule has 6 heteroatoms. The van der Waals surface area contributed by atoms with Crippen LogP contribution in [0.25, 0.3) is 133 Å². The number of fused-ring (bicyclic) bond motifs is 12. The molecule has 0 aliphatic heterocycles. The second-order valence-electron chi connectivity index (χ2n) is 19.3. The van der Waals surface area contributed by atoms with Gasteiger partial charge >= 0.3 is 0 Å². The molecule has 0 saturated carbocycles. The summed E-state index contributed by atoms with van der Waals surface area (Å²) in [5, 5.41) is 5.99. The molecular weight excluding hydrogens is 895 g/mol. The average molecular weight is 938 g/mol. The average Bonchev–Trinajstić information content (AvgIpc) is 4.14. The van der Waals surface area contributed by atoms with Crippen LogP contribution < -0.4 is 0 Å². The summed E-state index contributed by atoms with van der Waals surface area (Å²) in [6, 6.07) is 77.1. The van der Waals surface area contributed by atoms with Gasteiger partial charge in [-0.1, -0.05) is 164 Å². The predicted molar refractivity (Wildman–Crippen MR) is 295 cm³/mol. The lowest BCUT2D eigenvalue weighted by Crippen LogP contribution is -2.04. The summed E-state index contributed by atoms with van der Waals surface area (Å²) in [5.41, 5.74) is 18.8. The normalized spacial score (nSPS) is 13.6. The van der Waals surface area contributed by atoms with Gasteiger partial charge in [0.1, 0.15) is 33.5 Å². The highest BCUT2D eigenvalue weighted by molar-refractivity contribution is 6.14. The molecule has 344 valence electrons. The molecule has 0 amide bonds. The fourth-order valence-corrected chi connectivity index (χ4v) is 11.6. The van der Waals surface area contributed by atoms with Crippen molar-refractivity contribution in [1.29, 1.82) is 0 Å². The smallest absolute Gasteiger partial charge is 0.167 e. The molecule has 14 aromatic rings. The zero-order chi connectivity index (χ0) is 48.0. The van der Waals surface area contributed by atoms with E-state index in [4.69, 9.17) is 28.2 Å². The second kappa shape index (κ2) is 16.6. The Morgan fingerprint density at radius 1 is 0.356 bits per heavy atom. The first-order chi connectivity index (χ1) is 36.1. The lowest BCUT2D eigenvalue weighted by Gasteiger charge is -2.20. The summed E-state index contributed by atoms with van der Waals surface area (Å²) in [7, 11) is 0. The molecule has 1 aliphatic carbocycles. The van der Waals surface area contributed by atoms with E-state index in [1.165, 1.54) is 50.1 Å². The fraction of sp³-hybridized carbons (Fsp3) is 0.0597. The predicted octanol–water partition coefficient (Wildman–Crippen LogP) is 17.8. The molecule has 73 heavy (non-hydrogen) atoms. The zero-order valence-electron chi connectivity index (χ0n) is 39.5. The highest BCUT2D eigenvalue weighted by Crippen LogP contribution is 2.45. The minimum Gasteiger partial charge on any atom is -0.456 e. The van der Waals surface area contributed by atoms with Crippen LogP contribution in [0.1, 0.15) is 29.0 Å². The maximum atomic E-state index is 6.70. The molecule has 10 aromatic carbocycles. The molecule has 1 aliphatic rings. The number of rotatable bonds is 7. The number of hydrogen-bond acceptors (Lipinski definition) is 6. The van der Waals surface area contributed by atoms with E-state index < -0.39 is 0 Å². The monoisotopic (exact) mass is 937 g/mol. The Balaban J connectivity index is 0.884. The van der Waals surface area contributed by atoms with Gasteiger partial charge in [-0.15, -0.1) is 0 Å². The lowest BCUT2D eigenvalue weighted by molar-refractivity contribution is 0.628. The van der Waals surface area contributed by atoms with Gasteiger partial charge in [0, 0.05) is 43.4 Å². The number of aromatic nitrogens is 3. The van der Waals surface area contributed by atoms with Gasteiger partial charge in [0.2, 0.25) is 0 Å². The molecule has 15 rings (SSSR count). The first-order valence-corrected chi connectivity index (χ1v) is 25.1. The van der Waals surface area contributed by atoms with Crippen LogP contribution in [0, 0.1) is 0 Å². The van der Waals surface area contributed by atoms with Crippen molar-refractivity contribution in [2.75, 3.05) is 0 Å². The Bertz CT molecular complexity index is 4490. The highest BCUT2D eigenvalue weighted by atomic mass is 16.3. The molecule has 0 N–H and O–H groups in total. The van der Waals surface area contributed by atoms with Gasteiger partial charge in [-0.05, 0) is 130 Å². The second-order valence-corrected chi connectivity index (χ2v) is 19.3. The van der Waals surface area contributed by atoms with Gasteiger partial charge < -0.3 is 13.3 Å². The maximum absolute atomic E-state index is 6.70. The summed E-state index contributed by atoms with van der Waals surface area (Å²) in [6.45, 7) is 0. The fourth-order valence-electron chi connectivity index (χ4n) is 11.6. The van der Waals surface area contributed by atoms with E-state index in [9.17, 15) is 0 Å². The SMILES string of the molecule is c1ccc(-c2ccc3c(c2)-c2cc(-c4ccccc4)ccc2C(Cc2ccc4oc5cccc(-c6nc(-c7cccc8c7oc7ccccc78)nc(-c7cccc8oc9ccccc9c78)n6)c5c4c2)CC3)cc1.